The number of hydrogen-bond donors (Lipinski definition) is 2. The lowest BCUT2D eigenvalue weighted by Crippen LogP contribution is -2.57. The maximum atomic E-state index is 12.7. The van der Waals surface area contributed by atoms with Gasteiger partial charge in [-0.3, -0.25) is 14.7 Å². The SMILES string of the molecule is CCNC(=NCC(CCO)CC(C)C)N1CCN(C(C)C(=O)N2CCCC2)CC1. The van der Waals surface area contributed by atoms with Crippen molar-refractivity contribution in [2.45, 2.75) is 59.4 Å². The van der Waals surface area contributed by atoms with E-state index in [-0.39, 0.29) is 18.6 Å². The Bertz CT molecular complexity index is 511. The molecule has 0 aromatic carbocycles. The van der Waals surface area contributed by atoms with Crippen molar-refractivity contribution in [1.82, 2.24) is 20.0 Å². The Labute approximate surface area is 177 Å². The summed E-state index contributed by atoms with van der Waals surface area (Å²) in [6.45, 7) is 15.8. The zero-order valence-electron chi connectivity index (χ0n) is 19.1. The highest BCUT2D eigenvalue weighted by Gasteiger charge is 2.30. The largest absolute Gasteiger partial charge is 0.396 e. The number of carbonyl (C=O) groups excluding carboxylic acids is 1. The predicted molar refractivity (Wildman–Crippen MR) is 119 cm³/mol. The van der Waals surface area contributed by atoms with Gasteiger partial charge in [-0.05, 0) is 51.4 Å². The van der Waals surface area contributed by atoms with Gasteiger partial charge < -0.3 is 20.2 Å². The first-order valence-corrected chi connectivity index (χ1v) is 11.6. The highest BCUT2D eigenvalue weighted by molar-refractivity contribution is 5.82. The average Bonchev–Trinajstić information content (AvgIpc) is 3.24. The van der Waals surface area contributed by atoms with E-state index in [0.29, 0.717) is 11.8 Å². The molecule has 0 bridgehead atoms. The Morgan fingerprint density at radius 2 is 1.69 bits per heavy atom. The van der Waals surface area contributed by atoms with E-state index >= 15 is 0 Å². The van der Waals surface area contributed by atoms with Gasteiger partial charge in [-0.25, -0.2) is 0 Å². The van der Waals surface area contributed by atoms with Crippen LogP contribution < -0.4 is 5.32 Å². The quantitative estimate of drug-likeness (QED) is 0.447. The molecule has 0 saturated carbocycles. The molecule has 2 unspecified atom stereocenters. The highest BCUT2D eigenvalue weighted by Crippen LogP contribution is 2.17. The fraction of sp³-hybridized carbons (Fsp3) is 0.909. The van der Waals surface area contributed by atoms with Crippen molar-refractivity contribution in [3.8, 4) is 0 Å². The summed E-state index contributed by atoms with van der Waals surface area (Å²) in [4.78, 5) is 24.3. The second-order valence-corrected chi connectivity index (χ2v) is 8.93. The summed E-state index contributed by atoms with van der Waals surface area (Å²) in [6.07, 6.45) is 4.18. The van der Waals surface area contributed by atoms with Crippen molar-refractivity contribution < 1.29 is 9.90 Å². The first-order chi connectivity index (χ1) is 14.0. The third kappa shape index (κ3) is 7.45. The summed E-state index contributed by atoms with van der Waals surface area (Å²) in [5.41, 5.74) is 0. The van der Waals surface area contributed by atoms with Crippen molar-refractivity contribution in [2.24, 2.45) is 16.8 Å². The number of amides is 1. The molecular weight excluding hydrogens is 366 g/mol. The molecule has 2 heterocycles. The van der Waals surface area contributed by atoms with E-state index in [4.69, 9.17) is 4.99 Å². The molecule has 2 rings (SSSR count). The molecule has 2 N–H and O–H groups in total. The van der Waals surface area contributed by atoms with E-state index in [1.54, 1.807) is 0 Å². The van der Waals surface area contributed by atoms with Gasteiger partial charge in [0.25, 0.3) is 0 Å². The summed E-state index contributed by atoms with van der Waals surface area (Å²) in [7, 11) is 0. The first kappa shape index (κ1) is 23.9. The topological polar surface area (TPSA) is 71.4 Å². The number of carbonyl (C=O) groups is 1. The van der Waals surface area contributed by atoms with Crippen molar-refractivity contribution in [3.05, 3.63) is 0 Å². The van der Waals surface area contributed by atoms with Crippen LogP contribution in [-0.4, -0.2) is 96.7 Å². The normalized spacial score (nSPS) is 21.0. The van der Waals surface area contributed by atoms with Crippen molar-refractivity contribution in [1.29, 1.82) is 0 Å². The first-order valence-electron chi connectivity index (χ1n) is 11.6. The lowest BCUT2D eigenvalue weighted by molar-refractivity contribution is -0.135. The zero-order valence-corrected chi connectivity index (χ0v) is 19.1. The minimum atomic E-state index is -0.0326. The number of piperazine rings is 1. The van der Waals surface area contributed by atoms with E-state index in [1.165, 1.54) is 0 Å². The molecular formula is C22H43N5O2. The maximum absolute atomic E-state index is 12.7. The van der Waals surface area contributed by atoms with Gasteiger partial charge in [0.05, 0.1) is 6.04 Å². The van der Waals surface area contributed by atoms with Crippen molar-refractivity contribution in [2.75, 3.05) is 59.0 Å². The zero-order chi connectivity index (χ0) is 21.2. The molecule has 0 aromatic rings. The van der Waals surface area contributed by atoms with Crippen molar-refractivity contribution >= 4 is 11.9 Å². The molecule has 2 fully saturated rings. The minimum Gasteiger partial charge on any atom is -0.396 e. The molecule has 2 saturated heterocycles. The fourth-order valence-corrected chi connectivity index (χ4v) is 4.45. The average molecular weight is 410 g/mol. The van der Waals surface area contributed by atoms with Crippen LogP contribution in [0.3, 0.4) is 0 Å². The molecule has 2 atom stereocenters. The number of aliphatic hydroxyl groups excluding tert-OH is 1. The minimum absolute atomic E-state index is 0.0326. The monoisotopic (exact) mass is 409 g/mol. The van der Waals surface area contributed by atoms with Crippen LogP contribution in [0.25, 0.3) is 0 Å². The van der Waals surface area contributed by atoms with Gasteiger partial charge in [-0.2, -0.15) is 0 Å². The molecule has 7 heteroatoms. The molecule has 0 spiro atoms. The third-order valence-corrected chi connectivity index (χ3v) is 6.11. The number of aliphatic hydroxyl groups is 1. The standard InChI is InChI=1S/C22H43N5O2/c1-5-23-22(24-17-20(8-15-28)16-18(2)3)27-13-11-25(12-14-27)19(4)21(29)26-9-6-7-10-26/h18-20,28H,5-17H2,1-4H3,(H,23,24). The highest BCUT2D eigenvalue weighted by atomic mass is 16.3. The van der Waals surface area contributed by atoms with Crippen LogP contribution in [0.4, 0.5) is 0 Å². The van der Waals surface area contributed by atoms with Crippen LogP contribution in [0.5, 0.6) is 0 Å². The van der Waals surface area contributed by atoms with Gasteiger partial charge in [-0.1, -0.05) is 13.8 Å². The summed E-state index contributed by atoms with van der Waals surface area (Å²) < 4.78 is 0. The van der Waals surface area contributed by atoms with Crippen LogP contribution in [0, 0.1) is 11.8 Å². The van der Waals surface area contributed by atoms with Gasteiger partial charge >= 0.3 is 0 Å². The predicted octanol–water partition coefficient (Wildman–Crippen LogP) is 1.63. The smallest absolute Gasteiger partial charge is 0.239 e. The number of guanidine groups is 1. The summed E-state index contributed by atoms with van der Waals surface area (Å²) in [5.74, 6) is 2.30. The molecule has 0 radical (unpaired) electrons. The summed E-state index contributed by atoms with van der Waals surface area (Å²) in [5, 5.41) is 12.8. The van der Waals surface area contributed by atoms with Crippen LogP contribution in [-0.2, 0) is 4.79 Å². The number of aliphatic imine (C=N–C) groups is 1. The van der Waals surface area contributed by atoms with Gasteiger partial charge in [-0.15, -0.1) is 0 Å². The van der Waals surface area contributed by atoms with Crippen LogP contribution in [0.2, 0.25) is 0 Å². The van der Waals surface area contributed by atoms with Gasteiger partial charge in [0.15, 0.2) is 5.96 Å². The third-order valence-electron chi connectivity index (χ3n) is 6.11. The Balaban J connectivity index is 1.89. The number of nitrogens with one attached hydrogen (secondary N) is 1. The van der Waals surface area contributed by atoms with Crippen LogP contribution >= 0.6 is 0 Å². The summed E-state index contributed by atoms with van der Waals surface area (Å²) in [6, 6.07) is -0.0326. The Morgan fingerprint density at radius 3 is 2.24 bits per heavy atom. The Hall–Kier alpha value is -1.34. The Morgan fingerprint density at radius 1 is 1.03 bits per heavy atom. The van der Waals surface area contributed by atoms with E-state index in [1.807, 2.05) is 4.90 Å². The molecule has 1 amide bonds. The van der Waals surface area contributed by atoms with Gasteiger partial charge in [0.2, 0.25) is 5.91 Å². The van der Waals surface area contributed by atoms with E-state index in [0.717, 1.165) is 84.0 Å². The van der Waals surface area contributed by atoms with Crippen molar-refractivity contribution in [3.63, 3.8) is 0 Å². The van der Waals surface area contributed by atoms with Crippen LogP contribution in [0.1, 0.15) is 53.4 Å². The molecule has 2 aliphatic heterocycles. The fourth-order valence-electron chi connectivity index (χ4n) is 4.45. The van der Waals surface area contributed by atoms with E-state index < -0.39 is 0 Å². The number of rotatable bonds is 9. The van der Waals surface area contributed by atoms with Gasteiger partial charge in [0, 0.05) is 59.0 Å². The molecule has 2 aliphatic rings. The Kier molecular flexibility index (Phi) is 10.2. The number of likely N-dealkylation sites (tertiary alicyclic amines) is 1. The lowest BCUT2D eigenvalue weighted by Gasteiger charge is -2.39. The summed E-state index contributed by atoms with van der Waals surface area (Å²) >= 11 is 0. The molecule has 0 aromatic heterocycles. The number of nitrogens with zero attached hydrogens (tertiary/aromatic N) is 4. The number of hydrogen-bond acceptors (Lipinski definition) is 4. The van der Waals surface area contributed by atoms with Crippen LogP contribution in [0.15, 0.2) is 4.99 Å². The van der Waals surface area contributed by atoms with E-state index in [2.05, 4.69) is 42.8 Å². The molecule has 7 nitrogen and oxygen atoms in total. The lowest BCUT2D eigenvalue weighted by atomic mass is 9.94. The maximum Gasteiger partial charge on any atom is 0.239 e. The molecule has 0 aliphatic carbocycles. The van der Waals surface area contributed by atoms with Gasteiger partial charge in [0.1, 0.15) is 0 Å². The second-order valence-electron chi connectivity index (χ2n) is 8.93. The molecule has 29 heavy (non-hydrogen) atoms. The second kappa shape index (κ2) is 12.4. The van der Waals surface area contributed by atoms with E-state index in [9.17, 15) is 9.90 Å². The molecule has 168 valence electrons.